The van der Waals surface area contributed by atoms with E-state index >= 15 is 0 Å². The van der Waals surface area contributed by atoms with Crippen LogP contribution in [0.15, 0.2) is 122 Å². The first kappa shape index (κ1) is 69.3. The second-order valence-corrected chi connectivity index (χ2v) is 20.1. The lowest BCUT2D eigenvalue weighted by Crippen LogP contribution is -2.28. The van der Waals surface area contributed by atoms with E-state index in [2.05, 4.69) is 135 Å². The molecule has 0 aliphatic rings. The van der Waals surface area contributed by atoms with E-state index in [-0.39, 0.29) is 25.2 Å². The molecule has 1 unspecified atom stereocenters. The van der Waals surface area contributed by atoms with E-state index in [9.17, 15) is 14.7 Å². The van der Waals surface area contributed by atoms with Crippen molar-refractivity contribution in [3.05, 3.63) is 122 Å². The summed E-state index contributed by atoms with van der Waals surface area (Å²) < 4.78 is 10.7. The fraction of sp³-hybridized carbons (Fsp3) is 0.676. The van der Waals surface area contributed by atoms with Crippen LogP contribution in [-0.4, -0.2) is 36.4 Å². The highest BCUT2D eigenvalue weighted by Gasteiger charge is 2.16. The fourth-order valence-electron chi connectivity index (χ4n) is 8.47. The molecule has 0 rings (SSSR count). The van der Waals surface area contributed by atoms with Crippen LogP contribution in [0.1, 0.15) is 277 Å². The average molecular weight is 1010 g/mol. The van der Waals surface area contributed by atoms with E-state index < -0.39 is 6.10 Å². The van der Waals surface area contributed by atoms with Crippen LogP contribution in [0.25, 0.3) is 0 Å². The van der Waals surface area contributed by atoms with Gasteiger partial charge in [0.25, 0.3) is 0 Å². The van der Waals surface area contributed by atoms with Crippen molar-refractivity contribution in [3.8, 4) is 0 Å². The quantitative estimate of drug-likeness (QED) is 0.0373. The molecule has 0 radical (unpaired) electrons. The normalized spacial score (nSPS) is 13.1. The van der Waals surface area contributed by atoms with Crippen molar-refractivity contribution in [2.75, 3.05) is 13.2 Å². The zero-order chi connectivity index (χ0) is 52.7. The molecule has 0 saturated heterocycles. The Labute approximate surface area is 452 Å². The molecule has 0 spiro atoms. The molecule has 0 aromatic rings. The van der Waals surface area contributed by atoms with Gasteiger partial charge >= 0.3 is 11.9 Å². The van der Waals surface area contributed by atoms with Crippen molar-refractivity contribution >= 4 is 11.9 Å². The maximum absolute atomic E-state index is 12.3. The Balaban J connectivity index is 3.59. The van der Waals surface area contributed by atoms with E-state index in [0.29, 0.717) is 12.8 Å². The molecule has 1 atom stereocenters. The molecular weight excluding hydrogens is 897 g/mol. The molecule has 0 bridgehead atoms. The highest BCUT2D eigenvalue weighted by molar-refractivity contribution is 5.70. The highest BCUT2D eigenvalue weighted by atomic mass is 16.6. The number of ether oxygens (including phenoxy) is 2. The SMILES string of the molecule is CC/C=C\C/C=C\C/C=C\C/C=C\C/C=C\C/C=C\C/C=C\C/C=C\C/C=C\C/C=C\CCCCCCCCC(=O)OC(CO)COC(=O)CCCCCCCCCCCCCCCCCCCCCCCC. The molecule has 1 N–H and O–H groups in total. The second-order valence-electron chi connectivity index (χ2n) is 20.1. The lowest BCUT2D eigenvalue weighted by molar-refractivity contribution is -0.161. The summed E-state index contributed by atoms with van der Waals surface area (Å²) in [6.45, 7) is 4.04. The second kappa shape index (κ2) is 62.6. The summed E-state index contributed by atoms with van der Waals surface area (Å²) in [6, 6.07) is 0. The fourth-order valence-corrected chi connectivity index (χ4v) is 8.47. The zero-order valence-corrected chi connectivity index (χ0v) is 47.6. The van der Waals surface area contributed by atoms with Crippen molar-refractivity contribution in [3.63, 3.8) is 0 Å². The summed E-state index contributed by atoms with van der Waals surface area (Å²) in [5, 5.41) is 9.67. The third kappa shape index (κ3) is 60.7. The summed E-state index contributed by atoms with van der Waals surface area (Å²) in [5.74, 6) is -0.604. The van der Waals surface area contributed by atoms with Gasteiger partial charge in [-0.3, -0.25) is 9.59 Å². The Morgan fingerprint density at radius 3 is 0.890 bits per heavy atom. The Morgan fingerprint density at radius 2 is 0.589 bits per heavy atom. The van der Waals surface area contributed by atoms with Gasteiger partial charge in [-0.05, 0) is 89.9 Å². The molecule has 5 nitrogen and oxygen atoms in total. The minimum absolute atomic E-state index is 0.0752. The topological polar surface area (TPSA) is 72.8 Å². The first-order valence-corrected chi connectivity index (χ1v) is 30.6. The van der Waals surface area contributed by atoms with Gasteiger partial charge in [-0.2, -0.15) is 0 Å². The molecule has 0 aliphatic carbocycles. The van der Waals surface area contributed by atoms with Crippen LogP contribution in [-0.2, 0) is 19.1 Å². The lowest BCUT2D eigenvalue weighted by atomic mass is 10.0. The number of hydrogen-bond donors (Lipinski definition) is 1. The minimum atomic E-state index is -0.787. The number of aliphatic hydroxyl groups is 1. The van der Waals surface area contributed by atoms with Crippen LogP contribution >= 0.6 is 0 Å². The molecule has 0 aromatic carbocycles. The van der Waals surface area contributed by atoms with Gasteiger partial charge in [0.05, 0.1) is 6.61 Å². The average Bonchev–Trinajstić information content (AvgIpc) is 3.39. The number of allylic oxidation sites excluding steroid dienone is 20. The maximum atomic E-state index is 12.3. The van der Waals surface area contributed by atoms with Crippen molar-refractivity contribution in [1.82, 2.24) is 0 Å². The zero-order valence-electron chi connectivity index (χ0n) is 47.6. The van der Waals surface area contributed by atoms with Gasteiger partial charge in [0.15, 0.2) is 6.10 Å². The van der Waals surface area contributed by atoms with Crippen molar-refractivity contribution < 1.29 is 24.2 Å². The van der Waals surface area contributed by atoms with E-state index in [1.165, 1.54) is 141 Å². The number of aliphatic hydroxyl groups excluding tert-OH is 1. The largest absolute Gasteiger partial charge is 0.462 e. The van der Waals surface area contributed by atoms with Gasteiger partial charge in [-0.25, -0.2) is 0 Å². The van der Waals surface area contributed by atoms with E-state index in [0.717, 1.165) is 109 Å². The number of rotatable bonds is 55. The lowest BCUT2D eigenvalue weighted by Gasteiger charge is -2.15. The van der Waals surface area contributed by atoms with Crippen LogP contribution in [0.2, 0.25) is 0 Å². The maximum Gasteiger partial charge on any atom is 0.306 e. The van der Waals surface area contributed by atoms with Crippen LogP contribution < -0.4 is 0 Å². The third-order valence-electron chi connectivity index (χ3n) is 13.0. The van der Waals surface area contributed by atoms with Gasteiger partial charge in [0.1, 0.15) is 6.61 Å². The smallest absolute Gasteiger partial charge is 0.306 e. The highest BCUT2D eigenvalue weighted by Crippen LogP contribution is 2.16. The van der Waals surface area contributed by atoms with Gasteiger partial charge in [-0.1, -0.05) is 296 Å². The van der Waals surface area contributed by atoms with Crippen molar-refractivity contribution in [2.45, 2.75) is 283 Å². The molecule has 0 aromatic heterocycles. The molecule has 0 aliphatic heterocycles. The number of hydrogen-bond acceptors (Lipinski definition) is 5. The Kier molecular flexibility index (Phi) is 59.4. The van der Waals surface area contributed by atoms with E-state index in [4.69, 9.17) is 9.47 Å². The van der Waals surface area contributed by atoms with Gasteiger partial charge in [0.2, 0.25) is 0 Å². The van der Waals surface area contributed by atoms with E-state index in [1.54, 1.807) is 0 Å². The molecule has 0 heterocycles. The van der Waals surface area contributed by atoms with Gasteiger partial charge in [-0.15, -0.1) is 0 Å². The molecular formula is C68H114O5. The van der Waals surface area contributed by atoms with Crippen LogP contribution in [0.5, 0.6) is 0 Å². The molecule has 0 amide bonds. The Hall–Kier alpha value is -3.70. The third-order valence-corrected chi connectivity index (χ3v) is 13.0. The van der Waals surface area contributed by atoms with Gasteiger partial charge < -0.3 is 14.6 Å². The predicted molar refractivity (Wildman–Crippen MR) is 320 cm³/mol. The summed E-state index contributed by atoms with van der Waals surface area (Å²) in [7, 11) is 0. The minimum Gasteiger partial charge on any atom is -0.462 e. The number of unbranched alkanes of at least 4 members (excludes halogenated alkanes) is 27. The molecule has 73 heavy (non-hydrogen) atoms. The van der Waals surface area contributed by atoms with Crippen LogP contribution in [0.3, 0.4) is 0 Å². The first-order chi connectivity index (χ1) is 36.1. The predicted octanol–water partition coefficient (Wildman–Crippen LogP) is 21.0. The van der Waals surface area contributed by atoms with Crippen LogP contribution in [0, 0.1) is 0 Å². The molecule has 5 heteroatoms. The number of esters is 2. The summed E-state index contributed by atoms with van der Waals surface area (Å²) in [5.41, 5.74) is 0. The monoisotopic (exact) mass is 1010 g/mol. The van der Waals surface area contributed by atoms with E-state index in [1.807, 2.05) is 0 Å². The summed E-state index contributed by atoms with van der Waals surface area (Å²) >= 11 is 0. The first-order valence-electron chi connectivity index (χ1n) is 30.6. The number of carbonyl (C=O) groups excluding carboxylic acids is 2. The number of carbonyl (C=O) groups is 2. The van der Waals surface area contributed by atoms with Gasteiger partial charge in [0, 0.05) is 12.8 Å². The standard InChI is InChI=1S/C68H114O5/c1-3-5-7-9-11-13-15-17-19-21-23-25-27-28-29-30-31-32-33-34-35-36-37-38-39-40-41-43-45-47-49-51-53-55-57-59-61-63-68(71)73-66(64-69)65-72-67(70)62-60-58-56-54-52-50-48-46-44-42-26-24-22-20-18-16-14-12-10-8-6-4-2/h5,7,11,13,17,19,23,25,28-29,31-32,34-35,37-38,40-41,45,47,66,69H,3-4,6,8-10,12,14-16,18,20-22,24,26-27,30,33,36,39,42-44,46,48-65H2,1-2H3/b7-5-,13-11-,19-17-,25-23-,29-28-,32-31-,35-34-,38-37-,41-40-,47-45-. The summed E-state index contributed by atoms with van der Waals surface area (Å²) in [4.78, 5) is 24.6. The molecule has 0 fully saturated rings. The summed E-state index contributed by atoms with van der Waals surface area (Å²) in [6.07, 6.45) is 91.8. The Morgan fingerprint density at radius 1 is 0.329 bits per heavy atom. The van der Waals surface area contributed by atoms with Crippen molar-refractivity contribution in [1.29, 1.82) is 0 Å². The Bertz CT molecular complexity index is 1470. The van der Waals surface area contributed by atoms with Crippen LogP contribution in [0.4, 0.5) is 0 Å². The van der Waals surface area contributed by atoms with Crippen molar-refractivity contribution in [2.24, 2.45) is 0 Å². The molecule has 0 saturated carbocycles. The molecule has 416 valence electrons.